The number of hydrogen-bond donors (Lipinski definition) is 2. The van der Waals surface area contributed by atoms with Crippen LogP contribution in [0, 0.1) is 5.92 Å². The molecule has 0 heterocycles. The Bertz CT molecular complexity index is 835. The van der Waals surface area contributed by atoms with Gasteiger partial charge < -0.3 is 15.3 Å². The molecular formula is C23H26N2O3. The molecular weight excluding hydrogens is 352 g/mol. The molecule has 28 heavy (non-hydrogen) atoms. The third kappa shape index (κ3) is 5.46. The van der Waals surface area contributed by atoms with Crippen LogP contribution < -0.4 is 5.32 Å². The fourth-order valence-electron chi connectivity index (χ4n) is 3.43. The number of carboxylic acid groups (broad SMARTS) is 1. The van der Waals surface area contributed by atoms with E-state index >= 15 is 0 Å². The summed E-state index contributed by atoms with van der Waals surface area (Å²) in [7, 11) is 1.57. The van der Waals surface area contributed by atoms with Gasteiger partial charge in [0.05, 0.1) is 5.71 Å². The molecule has 0 radical (unpaired) electrons. The highest BCUT2D eigenvalue weighted by Crippen LogP contribution is 2.23. The highest BCUT2D eigenvalue weighted by molar-refractivity contribution is 6.03. The molecule has 3 rings (SSSR count). The molecule has 1 aromatic carbocycles. The van der Waals surface area contributed by atoms with Crippen molar-refractivity contribution in [2.24, 2.45) is 11.1 Å². The van der Waals surface area contributed by atoms with Crippen molar-refractivity contribution in [1.29, 1.82) is 0 Å². The van der Waals surface area contributed by atoms with E-state index in [-0.39, 0.29) is 18.4 Å². The summed E-state index contributed by atoms with van der Waals surface area (Å²) in [5.41, 5.74) is 4.13. The Kier molecular flexibility index (Phi) is 6.84. The largest absolute Gasteiger partial charge is 0.481 e. The Morgan fingerprint density at radius 1 is 1.25 bits per heavy atom. The molecule has 0 spiro atoms. The second kappa shape index (κ2) is 9.74. The van der Waals surface area contributed by atoms with Gasteiger partial charge in [0.1, 0.15) is 7.11 Å². The average Bonchev–Trinajstić information content (AvgIpc) is 2.72. The zero-order chi connectivity index (χ0) is 19.8. The lowest BCUT2D eigenvalue weighted by Crippen LogP contribution is -2.29. The summed E-state index contributed by atoms with van der Waals surface area (Å²) in [4.78, 5) is 15.8. The molecule has 2 N–H and O–H groups in total. The van der Waals surface area contributed by atoms with E-state index in [1.807, 2.05) is 36.4 Å². The lowest BCUT2D eigenvalue weighted by Gasteiger charge is -2.23. The molecule has 0 aromatic heterocycles. The van der Waals surface area contributed by atoms with Gasteiger partial charge >= 0.3 is 5.97 Å². The predicted octanol–water partition coefficient (Wildman–Crippen LogP) is 4.21. The molecule has 5 nitrogen and oxygen atoms in total. The van der Waals surface area contributed by atoms with Gasteiger partial charge in [-0.1, -0.05) is 71.4 Å². The molecule has 0 amide bonds. The van der Waals surface area contributed by atoms with Crippen LogP contribution in [0.1, 0.15) is 31.2 Å². The van der Waals surface area contributed by atoms with Gasteiger partial charge in [0.2, 0.25) is 0 Å². The lowest BCUT2D eigenvalue weighted by molar-refractivity contribution is -0.136. The first kappa shape index (κ1) is 19.7. The number of nitrogens with one attached hydrogen (secondary N) is 1. The predicted molar refractivity (Wildman–Crippen MR) is 111 cm³/mol. The fourth-order valence-corrected chi connectivity index (χ4v) is 3.43. The monoisotopic (exact) mass is 378 g/mol. The summed E-state index contributed by atoms with van der Waals surface area (Å²) in [6.45, 7) is 0. The molecule has 0 fully saturated rings. The summed E-state index contributed by atoms with van der Waals surface area (Å²) in [6.07, 6.45) is 15.2. The van der Waals surface area contributed by atoms with Crippen LogP contribution in [0.25, 0.3) is 0 Å². The molecule has 2 aliphatic carbocycles. The van der Waals surface area contributed by atoms with Crippen molar-refractivity contribution in [3.63, 3.8) is 0 Å². The van der Waals surface area contributed by atoms with Crippen molar-refractivity contribution in [3.8, 4) is 0 Å². The third-order valence-corrected chi connectivity index (χ3v) is 4.83. The summed E-state index contributed by atoms with van der Waals surface area (Å²) < 4.78 is 0. The topological polar surface area (TPSA) is 70.9 Å². The highest BCUT2D eigenvalue weighted by Gasteiger charge is 2.20. The second-order valence-corrected chi connectivity index (χ2v) is 6.91. The third-order valence-electron chi connectivity index (χ3n) is 4.83. The Hall–Kier alpha value is -3.08. The lowest BCUT2D eigenvalue weighted by atomic mass is 9.89. The summed E-state index contributed by atoms with van der Waals surface area (Å²) in [6, 6.07) is 10.3. The standard InChI is InChI=1S/C23H26N2O3/c1-28-25-23(18-6-3-2-4-7-18)19-8-5-9-21(16-19)24-20-13-10-17(11-14-20)12-15-22(26)27/h2-7,9-11,13,16,19-20,24H,8,12,14-15H2,1H3,(H,26,27)/b25-23-. The van der Waals surface area contributed by atoms with Gasteiger partial charge in [-0.15, -0.1) is 0 Å². The molecule has 2 unspecified atom stereocenters. The summed E-state index contributed by atoms with van der Waals surface area (Å²) in [5, 5.41) is 16.6. The maximum atomic E-state index is 10.7. The van der Waals surface area contributed by atoms with Crippen molar-refractivity contribution in [2.45, 2.75) is 31.7 Å². The van der Waals surface area contributed by atoms with E-state index < -0.39 is 5.97 Å². The first-order valence-electron chi connectivity index (χ1n) is 9.56. The molecule has 0 saturated carbocycles. The van der Waals surface area contributed by atoms with E-state index in [0.717, 1.165) is 35.4 Å². The average molecular weight is 378 g/mol. The number of carbonyl (C=O) groups is 1. The first-order valence-corrected chi connectivity index (χ1v) is 9.56. The maximum Gasteiger partial charge on any atom is 0.303 e. The van der Waals surface area contributed by atoms with Gasteiger partial charge in [0.25, 0.3) is 0 Å². The van der Waals surface area contributed by atoms with Gasteiger partial charge in [-0.3, -0.25) is 4.79 Å². The number of hydrogen-bond acceptors (Lipinski definition) is 4. The molecule has 1 aromatic rings. The number of nitrogens with zero attached hydrogens (tertiary/aromatic N) is 1. The van der Waals surface area contributed by atoms with Gasteiger partial charge in [-0.05, 0) is 30.9 Å². The zero-order valence-corrected chi connectivity index (χ0v) is 16.0. The SMILES string of the molecule is CO/N=C(/c1ccccc1)C1C=C(NC2C=CC(CCC(=O)O)=CC2)C=CC1. The maximum absolute atomic E-state index is 10.7. The Balaban J connectivity index is 1.64. The number of allylic oxidation sites excluding steroid dienone is 5. The van der Waals surface area contributed by atoms with Crippen molar-refractivity contribution in [2.75, 3.05) is 7.11 Å². The van der Waals surface area contributed by atoms with Crippen LogP contribution in [0.3, 0.4) is 0 Å². The van der Waals surface area contributed by atoms with Gasteiger partial charge in [-0.2, -0.15) is 0 Å². The minimum Gasteiger partial charge on any atom is -0.481 e. The van der Waals surface area contributed by atoms with E-state index in [4.69, 9.17) is 9.94 Å². The molecule has 5 heteroatoms. The number of aliphatic carboxylic acids is 1. The van der Waals surface area contributed by atoms with Crippen LogP contribution in [0.2, 0.25) is 0 Å². The summed E-state index contributed by atoms with van der Waals surface area (Å²) >= 11 is 0. The molecule has 2 aliphatic rings. The van der Waals surface area contributed by atoms with Crippen LogP contribution in [-0.4, -0.2) is 29.9 Å². The van der Waals surface area contributed by atoms with Gasteiger partial charge in [0.15, 0.2) is 0 Å². The van der Waals surface area contributed by atoms with E-state index in [1.54, 1.807) is 7.11 Å². The minimum absolute atomic E-state index is 0.143. The number of oxime groups is 1. The molecule has 0 saturated heterocycles. The number of benzene rings is 1. The van der Waals surface area contributed by atoms with E-state index in [0.29, 0.717) is 6.42 Å². The second-order valence-electron chi connectivity index (χ2n) is 6.91. The Morgan fingerprint density at radius 3 is 2.75 bits per heavy atom. The smallest absolute Gasteiger partial charge is 0.303 e. The number of rotatable bonds is 8. The Morgan fingerprint density at radius 2 is 2.07 bits per heavy atom. The van der Waals surface area contributed by atoms with Crippen molar-refractivity contribution < 1.29 is 14.7 Å². The van der Waals surface area contributed by atoms with Crippen molar-refractivity contribution in [3.05, 3.63) is 83.6 Å². The minimum atomic E-state index is -0.759. The van der Waals surface area contributed by atoms with E-state index in [9.17, 15) is 4.79 Å². The highest BCUT2D eigenvalue weighted by atomic mass is 16.6. The molecule has 2 atom stereocenters. The van der Waals surface area contributed by atoms with Crippen molar-refractivity contribution in [1.82, 2.24) is 5.32 Å². The van der Waals surface area contributed by atoms with Crippen molar-refractivity contribution >= 4 is 11.7 Å². The van der Waals surface area contributed by atoms with Crippen LogP contribution in [-0.2, 0) is 9.63 Å². The molecule has 0 aliphatic heterocycles. The van der Waals surface area contributed by atoms with Crippen LogP contribution >= 0.6 is 0 Å². The molecule has 146 valence electrons. The van der Waals surface area contributed by atoms with Crippen LogP contribution in [0.4, 0.5) is 0 Å². The van der Waals surface area contributed by atoms with Gasteiger partial charge in [0, 0.05) is 24.1 Å². The molecule has 0 bridgehead atoms. The van der Waals surface area contributed by atoms with Crippen LogP contribution in [0.5, 0.6) is 0 Å². The van der Waals surface area contributed by atoms with E-state index in [1.165, 1.54) is 0 Å². The van der Waals surface area contributed by atoms with Gasteiger partial charge in [-0.25, -0.2) is 0 Å². The summed E-state index contributed by atoms with van der Waals surface area (Å²) in [5.74, 6) is -0.617. The normalized spacial score (nSPS) is 21.7. The fraction of sp³-hybridized carbons (Fsp3) is 0.304. The van der Waals surface area contributed by atoms with Crippen LogP contribution in [0.15, 0.2) is 83.2 Å². The first-order chi connectivity index (χ1) is 13.7. The quantitative estimate of drug-likeness (QED) is 0.525. The van der Waals surface area contributed by atoms with E-state index in [2.05, 4.69) is 40.9 Å². The number of carboxylic acids is 1. The Labute approximate surface area is 165 Å². The zero-order valence-electron chi connectivity index (χ0n) is 16.0.